The van der Waals surface area contributed by atoms with Crippen molar-refractivity contribution in [3.8, 4) is 5.75 Å². The Bertz CT molecular complexity index is 618. The van der Waals surface area contributed by atoms with Crippen molar-refractivity contribution < 1.29 is 14.3 Å². The highest BCUT2D eigenvalue weighted by molar-refractivity contribution is 6.34. The number of anilines is 1. The van der Waals surface area contributed by atoms with E-state index in [1.54, 1.807) is 12.0 Å². The van der Waals surface area contributed by atoms with Crippen LogP contribution in [0.5, 0.6) is 5.75 Å². The Balaban J connectivity index is 2.10. The van der Waals surface area contributed by atoms with E-state index in [1.807, 2.05) is 45.8 Å². The summed E-state index contributed by atoms with van der Waals surface area (Å²) in [6.07, 6.45) is 1.57. The van der Waals surface area contributed by atoms with Crippen molar-refractivity contribution in [2.45, 2.75) is 45.1 Å². The summed E-state index contributed by atoms with van der Waals surface area (Å²) in [5.74, 6) is 1.07. The zero-order valence-electron chi connectivity index (χ0n) is 16.1. The number of amides is 1. The van der Waals surface area contributed by atoms with E-state index in [2.05, 4.69) is 6.07 Å². The SMILES string of the molecule is COc1cc(C2CCN(C(=O)OC(C)(C)C)CC2)cc(N(C)C)c1Cl. The molecule has 6 heteroatoms. The second-order valence-electron chi connectivity index (χ2n) is 7.69. The van der Waals surface area contributed by atoms with Gasteiger partial charge < -0.3 is 19.3 Å². The van der Waals surface area contributed by atoms with Crippen LogP contribution in [-0.4, -0.2) is 50.9 Å². The number of piperidine rings is 1. The van der Waals surface area contributed by atoms with Crippen LogP contribution >= 0.6 is 11.6 Å². The summed E-state index contributed by atoms with van der Waals surface area (Å²) in [6, 6.07) is 4.14. The number of rotatable bonds is 3. The summed E-state index contributed by atoms with van der Waals surface area (Å²) in [4.78, 5) is 16.0. The van der Waals surface area contributed by atoms with Gasteiger partial charge in [-0.15, -0.1) is 0 Å². The summed E-state index contributed by atoms with van der Waals surface area (Å²) in [5.41, 5.74) is 1.69. The van der Waals surface area contributed by atoms with Crippen molar-refractivity contribution in [2.24, 2.45) is 0 Å². The Hall–Kier alpha value is -1.62. The lowest BCUT2D eigenvalue weighted by molar-refractivity contribution is 0.0205. The second kappa shape index (κ2) is 7.73. The molecule has 0 N–H and O–H groups in total. The van der Waals surface area contributed by atoms with Gasteiger partial charge in [0.05, 0.1) is 12.8 Å². The van der Waals surface area contributed by atoms with Crippen LogP contribution in [0.3, 0.4) is 0 Å². The Labute approximate surface area is 155 Å². The van der Waals surface area contributed by atoms with E-state index in [4.69, 9.17) is 21.1 Å². The topological polar surface area (TPSA) is 42.0 Å². The smallest absolute Gasteiger partial charge is 0.410 e. The highest BCUT2D eigenvalue weighted by atomic mass is 35.5. The molecule has 0 spiro atoms. The molecule has 0 aliphatic carbocycles. The van der Waals surface area contributed by atoms with Crippen molar-refractivity contribution in [1.82, 2.24) is 4.90 Å². The molecule has 1 saturated heterocycles. The van der Waals surface area contributed by atoms with Gasteiger partial charge >= 0.3 is 6.09 Å². The third kappa shape index (κ3) is 4.94. The second-order valence-corrected chi connectivity index (χ2v) is 8.07. The predicted octanol–water partition coefficient (Wildman–Crippen LogP) is 4.53. The molecule has 0 unspecified atom stereocenters. The fourth-order valence-corrected chi connectivity index (χ4v) is 3.39. The highest BCUT2D eigenvalue weighted by Gasteiger charge is 2.28. The fourth-order valence-electron chi connectivity index (χ4n) is 3.04. The summed E-state index contributed by atoms with van der Waals surface area (Å²) >= 11 is 6.40. The minimum absolute atomic E-state index is 0.228. The molecule has 0 atom stereocenters. The van der Waals surface area contributed by atoms with E-state index in [9.17, 15) is 4.79 Å². The Morgan fingerprint density at radius 1 is 1.24 bits per heavy atom. The van der Waals surface area contributed by atoms with Gasteiger partial charge in [-0.25, -0.2) is 4.79 Å². The number of likely N-dealkylation sites (tertiary alicyclic amines) is 1. The molecule has 140 valence electrons. The average molecular weight is 369 g/mol. The summed E-state index contributed by atoms with van der Waals surface area (Å²) in [6.45, 7) is 7.06. The lowest BCUT2D eigenvalue weighted by Gasteiger charge is -2.34. The van der Waals surface area contributed by atoms with Crippen LogP contribution in [-0.2, 0) is 4.74 Å². The molecule has 1 aromatic carbocycles. The van der Waals surface area contributed by atoms with Crippen molar-refractivity contribution in [2.75, 3.05) is 39.2 Å². The van der Waals surface area contributed by atoms with E-state index in [0.29, 0.717) is 29.8 Å². The summed E-state index contributed by atoms with van der Waals surface area (Å²) in [7, 11) is 5.57. The molecule has 25 heavy (non-hydrogen) atoms. The largest absolute Gasteiger partial charge is 0.495 e. The van der Waals surface area contributed by atoms with Gasteiger partial charge in [-0.3, -0.25) is 0 Å². The third-order valence-electron chi connectivity index (χ3n) is 4.36. The van der Waals surface area contributed by atoms with Crippen molar-refractivity contribution in [3.05, 3.63) is 22.7 Å². The molecular weight excluding hydrogens is 340 g/mol. The number of carbonyl (C=O) groups is 1. The van der Waals surface area contributed by atoms with Crippen LogP contribution in [0.4, 0.5) is 10.5 Å². The van der Waals surface area contributed by atoms with Gasteiger partial charge in [-0.05, 0) is 57.2 Å². The Kier molecular flexibility index (Phi) is 6.09. The van der Waals surface area contributed by atoms with Gasteiger partial charge in [0.15, 0.2) is 0 Å². The lowest BCUT2D eigenvalue weighted by Crippen LogP contribution is -2.41. The first-order valence-corrected chi connectivity index (χ1v) is 9.03. The fraction of sp³-hybridized carbons (Fsp3) is 0.632. The molecule has 1 fully saturated rings. The van der Waals surface area contributed by atoms with Gasteiger partial charge in [-0.1, -0.05) is 11.6 Å². The van der Waals surface area contributed by atoms with Gasteiger partial charge in [0, 0.05) is 27.2 Å². The van der Waals surface area contributed by atoms with Crippen LogP contribution < -0.4 is 9.64 Å². The van der Waals surface area contributed by atoms with Crippen LogP contribution in [0.15, 0.2) is 12.1 Å². The summed E-state index contributed by atoms with van der Waals surface area (Å²) in [5, 5.41) is 0.627. The van der Waals surface area contributed by atoms with Gasteiger partial charge in [0.2, 0.25) is 0 Å². The predicted molar refractivity (Wildman–Crippen MR) is 102 cm³/mol. The molecule has 1 heterocycles. The van der Waals surface area contributed by atoms with E-state index in [0.717, 1.165) is 18.5 Å². The van der Waals surface area contributed by atoms with Crippen molar-refractivity contribution in [3.63, 3.8) is 0 Å². The first kappa shape index (κ1) is 19.7. The standard InChI is InChI=1S/C19H29ClN2O3/c1-19(2,3)25-18(23)22-9-7-13(8-10-22)14-11-15(21(4)5)17(20)16(12-14)24-6/h11-13H,7-10H2,1-6H3. The van der Waals surface area contributed by atoms with E-state index >= 15 is 0 Å². The minimum Gasteiger partial charge on any atom is -0.495 e. The maximum absolute atomic E-state index is 12.2. The molecule has 1 amide bonds. The molecule has 1 aliphatic rings. The van der Waals surface area contributed by atoms with E-state index in [-0.39, 0.29) is 6.09 Å². The van der Waals surface area contributed by atoms with Crippen LogP contribution in [0.1, 0.15) is 45.1 Å². The van der Waals surface area contributed by atoms with Crippen LogP contribution in [0.2, 0.25) is 5.02 Å². The van der Waals surface area contributed by atoms with Crippen LogP contribution in [0, 0.1) is 0 Å². The molecule has 0 bridgehead atoms. The number of ether oxygens (including phenoxy) is 2. The molecule has 0 radical (unpaired) electrons. The van der Waals surface area contributed by atoms with Crippen molar-refractivity contribution >= 4 is 23.4 Å². The van der Waals surface area contributed by atoms with Crippen molar-refractivity contribution in [1.29, 1.82) is 0 Å². The van der Waals surface area contributed by atoms with Gasteiger partial charge in [0.1, 0.15) is 16.4 Å². The monoisotopic (exact) mass is 368 g/mol. The number of methoxy groups -OCH3 is 1. The molecule has 2 rings (SSSR count). The molecule has 5 nitrogen and oxygen atoms in total. The first-order chi connectivity index (χ1) is 11.6. The number of carbonyl (C=O) groups excluding carboxylic acids is 1. The third-order valence-corrected chi connectivity index (χ3v) is 4.74. The number of hydrogen-bond donors (Lipinski definition) is 0. The number of hydrogen-bond acceptors (Lipinski definition) is 4. The average Bonchev–Trinajstić information content (AvgIpc) is 2.53. The molecule has 1 aliphatic heterocycles. The molecule has 1 aromatic rings. The molecule has 0 aromatic heterocycles. The highest BCUT2D eigenvalue weighted by Crippen LogP contribution is 2.39. The zero-order chi connectivity index (χ0) is 18.8. The van der Waals surface area contributed by atoms with E-state index < -0.39 is 5.60 Å². The molecule has 0 saturated carbocycles. The summed E-state index contributed by atoms with van der Waals surface area (Å²) < 4.78 is 10.9. The van der Waals surface area contributed by atoms with Gasteiger partial charge in [-0.2, -0.15) is 0 Å². The number of halogens is 1. The first-order valence-electron chi connectivity index (χ1n) is 8.65. The van der Waals surface area contributed by atoms with Gasteiger partial charge in [0.25, 0.3) is 0 Å². The minimum atomic E-state index is -0.460. The maximum Gasteiger partial charge on any atom is 0.410 e. The Morgan fingerprint density at radius 2 is 1.84 bits per heavy atom. The lowest BCUT2D eigenvalue weighted by atomic mass is 9.89. The van der Waals surface area contributed by atoms with Crippen LogP contribution in [0.25, 0.3) is 0 Å². The number of benzene rings is 1. The zero-order valence-corrected chi connectivity index (χ0v) is 16.8. The Morgan fingerprint density at radius 3 is 2.32 bits per heavy atom. The molecular formula is C19H29ClN2O3. The maximum atomic E-state index is 12.2. The quantitative estimate of drug-likeness (QED) is 0.786. The number of nitrogens with zero attached hydrogens (tertiary/aromatic N) is 2. The normalized spacial score (nSPS) is 15.9. The van der Waals surface area contributed by atoms with E-state index in [1.165, 1.54) is 5.56 Å².